The average Bonchev–Trinajstić information content (AvgIpc) is 2.90. The van der Waals surface area contributed by atoms with E-state index in [2.05, 4.69) is 10.1 Å². The molecule has 0 spiro atoms. The number of aliphatic hydroxyl groups excluding tert-OH is 2. The first kappa shape index (κ1) is 15.5. The van der Waals surface area contributed by atoms with Crippen molar-refractivity contribution >= 4 is 0 Å². The zero-order valence-corrected chi connectivity index (χ0v) is 11.7. The standard InChI is InChI=1S/C14H17F2N3O2/c1-14(2,12(20)6-19-8-17-7-18-19)13(21)10-4-3-9(15)5-11(10)16/h3-5,7-8,12-13,20-21H,6H2,1-2H3. The highest BCUT2D eigenvalue weighted by Gasteiger charge is 2.38. The molecule has 5 nitrogen and oxygen atoms in total. The van der Waals surface area contributed by atoms with Crippen LogP contribution in [0.2, 0.25) is 0 Å². The second kappa shape index (κ2) is 5.87. The lowest BCUT2D eigenvalue weighted by molar-refractivity contribution is -0.0588. The maximum absolute atomic E-state index is 13.8. The predicted octanol–water partition coefficient (Wildman–Crippen LogP) is 1.68. The highest BCUT2D eigenvalue weighted by Crippen LogP contribution is 2.38. The summed E-state index contributed by atoms with van der Waals surface area (Å²) in [5, 5.41) is 24.5. The van der Waals surface area contributed by atoms with Crippen molar-refractivity contribution in [2.24, 2.45) is 5.41 Å². The van der Waals surface area contributed by atoms with Crippen molar-refractivity contribution in [3.8, 4) is 0 Å². The number of aliphatic hydroxyl groups is 2. The van der Waals surface area contributed by atoms with Crippen LogP contribution < -0.4 is 0 Å². The zero-order chi connectivity index (χ0) is 15.6. The predicted molar refractivity (Wildman–Crippen MR) is 71.1 cm³/mol. The van der Waals surface area contributed by atoms with E-state index in [4.69, 9.17) is 0 Å². The molecule has 1 heterocycles. The van der Waals surface area contributed by atoms with Gasteiger partial charge < -0.3 is 10.2 Å². The van der Waals surface area contributed by atoms with Crippen LogP contribution in [0.3, 0.4) is 0 Å². The van der Waals surface area contributed by atoms with Gasteiger partial charge in [-0.2, -0.15) is 5.10 Å². The molecule has 21 heavy (non-hydrogen) atoms. The highest BCUT2D eigenvalue weighted by atomic mass is 19.1. The van der Waals surface area contributed by atoms with Gasteiger partial charge in [0.25, 0.3) is 0 Å². The summed E-state index contributed by atoms with van der Waals surface area (Å²) in [6, 6.07) is 2.96. The third-order valence-corrected chi connectivity index (χ3v) is 3.65. The topological polar surface area (TPSA) is 71.2 Å². The minimum absolute atomic E-state index is 0.0564. The number of rotatable bonds is 5. The second-order valence-corrected chi connectivity index (χ2v) is 5.52. The van der Waals surface area contributed by atoms with Crippen molar-refractivity contribution < 1.29 is 19.0 Å². The Bertz CT molecular complexity index is 602. The van der Waals surface area contributed by atoms with Crippen molar-refractivity contribution in [3.05, 3.63) is 48.1 Å². The van der Waals surface area contributed by atoms with Crippen LogP contribution in [0.15, 0.2) is 30.9 Å². The van der Waals surface area contributed by atoms with Gasteiger partial charge in [-0.05, 0) is 6.07 Å². The van der Waals surface area contributed by atoms with Crippen LogP contribution in [0.1, 0.15) is 25.5 Å². The molecule has 1 aromatic heterocycles. The molecule has 0 aliphatic carbocycles. The van der Waals surface area contributed by atoms with Crippen LogP contribution in [0.5, 0.6) is 0 Å². The monoisotopic (exact) mass is 297 g/mol. The van der Waals surface area contributed by atoms with Crippen LogP contribution in [0.25, 0.3) is 0 Å². The van der Waals surface area contributed by atoms with Gasteiger partial charge >= 0.3 is 0 Å². The van der Waals surface area contributed by atoms with Gasteiger partial charge in [0, 0.05) is 17.0 Å². The molecular weight excluding hydrogens is 280 g/mol. The molecule has 1 aromatic carbocycles. The number of nitrogens with zero attached hydrogens (tertiary/aromatic N) is 3. The molecule has 0 saturated carbocycles. The fourth-order valence-corrected chi connectivity index (χ4v) is 2.05. The smallest absolute Gasteiger partial charge is 0.137 e. The van der Waals surface area contributed by atoms with E-state index in [0.29, 0.717) is 6.07 Å². The quantitative estimate of drug-likeness (QED) is 0.881. The van der Waals surface area contributed by atoms with E-state index < -0.39 is 29.3 Å². The van der Waals surface area contributed by atoms with E-state index in [1.54, 1.807) is 13.8 Å². The van der Waals surface area contributed by atoms with Gasteiger partial charge in [-0.15, -0.1) is 0 Å². The molecule has 2 rings (SSSR count). The average molecular weight is 297 g/mol. The van der Waals surface area contributed by atoms with Crippen molar-refractivity contribution in [2.45, 2.75) is 32.6 Å². The molecular formula is C14H17F2N3O2. The minimum Gasteiger partial charge on any atom is -0.391 e. The van der Waals surface area contributed by atoms with Crippen molar-refractivity contribution in [1.82, 2.24) is 14.8 Å². The van der Waals surface area contributed by atoms with E-state index in [0.717, 1.165) is 6.07 Å². The minimum atomic E-state index is -1.29. The normalized spacial score (nSPS) is 15.0. The lowest BCUT2D eigenvalue weighted by atomic mass is 9.77. The Morgan fingerprint density at radius 2 is 2.00 bits per heavy atom. The van der Waals surface area contributed by atoms with Gasteiger partial charge in [0.05, 0.1) is 18.8 Å². The summed E-state index contributed by atoms with van der Waals surface area (Å²) in [6.07, 6.45) is 0.468. The van der Waals surface area contributed by atoms with Gasteiger partial charge in [-0.1, -0.05) is 19.9 Å². The lowest BCUT2D eigenvalue weighted by Crippen LogP contribution is -2.38. The highest BCUT2D eigenvalue weighted by molar-refractivity contribution is 5.22. The number of hydrogen-bond acceptors (Lipinski definition) is 4. The number of aromatic nitrogens is 3. The van der Waals surface area contributed by atoms with Crippen LogP contribution in [-0.4, -0.2) is 31.1 Å². The van der Waals surface area contributed by atoms with Gasteiger partial charge in [0.2, 0.25) is 0 Å². The van der Waals surface area contributed by atoms with Gasteiger partial charge in [-0.3, -0.25) is 4.68 Å². The summed E-state index contributed by atoms with van der Waals surface area (Å²) in [7, 11) is 0. The van der Waals surface area contributed by atoms with Gasteiger partial charge in [0.15, 0.2) is 0 Å². The Labute approximate surface area is 120 Å². The molecule has 2 N–H and O–H groups in total. The molecule has 0 radical (unpaired) electrons. The van der Waals surface area contributed by atoms with Crippen molar-refractivity contribution in [3.63, 3.8) is 0 Å². The maximum atomic E-state index is 13.8. The Morgan fingerprint density at radius 1 is 1.29 bits per heavy atom. The van der Waals surface area contributed by atoms with E-state index in [1.165, 1.54) is 23.4 Å². The van der Waals surface area contributed by atoms with Crippen LogP contribution >= 0.6 is 0 Å². The molecule has 2 unspecified atom stereocenters. The maximum Gasteiger partial charge on any atom is 0.137 e. The number of hydrogen-bond donors (Lipinski definition) is 2. The van der Waals surface area contributed by atoms with Gasteiger partial charge in [-0.25, -0.2) is 13.8 Å². The first-order chi connectivity index (χ1) is 9.82. The lowest BCUT2D eigenvalue weighted by Gasteiger charge is -2.35. The molecule has 7 heteroatoms. The summed E-state index contributed by atoms with van der Waals surface area (Å²) in [5.41, 5.74) is -1.12. The molecule has 0 fully saturated rings. The molecule has 0 aliphatic heterocycles. The molecule has 0 saturated heterocycles. The third kappa shape index (κ3) is 3.25. The van der Waals surface area contributed by atoms with E-state index in [1.807, 2.05) is 0 Å². The Morgan fingerprint density at radius 3 is 2.57 bits per heavy atom. The van der Waals surface area contributed by atoms with E-state index >= 15 is 0 Å². The SMILES string of the molecule is CC(C)(C(O)Cn1cncn1)C(O)c1ccc(F)cc1F. The van der Waals surface area contributed by atoms with Crippen LogP contribution in [-0.2, 0) is 6.54 Å². The Hall–Kier alpha value is -1.86. The van der Waals surface area contributed by atoms with Crippen LogP contribution in [0, 0.1) is 17.0 Å². The summed E-state index contributed by atoms with van der Waals surface area (Å²) < 4.78 is 28.1. The largest absolute Gasteiger partial charge is 0.391 e. The fraction of sp³-hybridized carbons (Fsp3) is 0.429. The summed E-state index contributed by atoms with van der Waals surface area (Å²) in [4.78, 5) is 3.76. The van der Waals surface area contributed by atoms with E-state index in [9.17, 15) is 19.0 Å². The Balaban J connectivity index is 2.20. The van der Waals surface area contributed by atoms with Gasteiger partial charge in [0.1, 0.15) is 24.3 Å². The van der Waals surface area contributed by atoms with Crippen molar-refractivity contribution in [1.29, 1.82) is 0 Å². The zero-order valence-electron chi connectivity index (χ0n) is 11.7. The third-order valence-electron chi connectivity index (χ3n) is 3.65. The summed E-state index contributed by atoms with van der Waals surface area (Å²) in [5.74, 6) is -1.56. The first-order valence-electron chi connectivity index (χ1n) is 6.46. The summed E-state index contributed by atoms with van der Waals surface area (Å²) >= 11 is 0. The Kier molecular flexibility index (Phi) is 4.34. The molecule has 114 valence electrons. The number of benzene rings is 1. The molecule has 0 amide bonds. The second-order valence-electron chi connectivity index (χ2n) is 5.52. The fourth-order valence-electron chi connectivity index (χ4n) is 2.05. The van der Waals surface area contributed by atoms with E-state index in [-0.39, 0.29) is 12.1 Å². The molecule has 2 aromatic rings. The molecule has 0 bridgehead atoms. The molecule has 0 aliphatic rings. The van der Waals surface area contributed by atoms with Crippen molar-refractivity contribution in [2.75, 3.05) is 0 Å². The molecule has 2 atom stereocenters. The number of halogens is 2. The summed E-state index contributed by atoms with van der Waals surface area (Å²) in [6.45, 7) is 3.30. The van der Waals surface area contributed by atoms with Crippen LogP contribution in [0.4, 0.5) is 8.78 Å². The first-order valence-corrected chi connectivity index (χ1v) is 6.46.